The lowest BCUT2D eigenvalue weighted by atomic mass is 10.1. The quantitative estimate of drug-likeness (QED) is 0.870. The normalized spacial score (nSPS) is 11.8. The third-order valence-corrected chi connectivity index (χ3v) is 3.46. The Morgan fingerprint density at radius 1 is 1.00 bits per heavy atom. The van der Waals surface area contributed by atoms with Crippen molar-refractivity contribution in [1.29, 1.82) is 0 Å². The molecule has 0 aromatic heterocycles. The molecule has 0 saturated heterocycles. The van der Waals surface area contributed by atoms with Crippen molar-refractivity contribution in [2.24, 2.45) is 0 Å². The molecular formula is C18H22N2O. The van der Waals surface area contributed by atoms with E-state index in [1.807, 2.05) is 62.4 Å². The van der Waals surface area contributed by atoms with E-state index in [0.717, 1.165) is 17.8 Å². The highest BCUT2D eigenvalue weighted by atomic mass is 16.2. The van der Waals surface area contributed by atoms with Crippen molar-refractivity contribution in [2.45, 2.75) is 33.2 Å². The fourth-order valence-corrected chi connectivity index (χ4v) is 2.04. The molecule has 0 aliphatic rings. The van der Waals surface area contributed by atoms with Crippen LogP contribution in [0.2, 0.25) is 0 Å². The van der Waals surface area contributed by atoms with Crippen molar-refractivity contribution in [3.05, 3.63) is 59.7 Å². The van der Waals surface area contributed by atoms with E-state index in [-0.39, 0.29) is 11.9 Å². The van der Waals surface area contributed by atoms with E-state index in [2.05, 4.69) is 17.6 Å². The van der Waals surface area contributed by atoms with Crippen LogP contribution < -0.4 is 10.6 Å². The van der Waals surface area contributed by atoms with Crippen molar-refractivity contribution in [1.82, 2.24) is 0 Å². The number of nitrogens with one attached hydrogen (secondary N) is 2. The van der Waals surface area contributed by atoms with Gasteiger partial charge in [0.1, 0.15) is 6.04 Å². The van der Waals surface area contributed by atoms with Gasteiger partial charge in [-0.15, -0.1) is 0 Å². The molecule has 0 bridgehead atoms. The van der Waals surface area contributed by atoms with Crippen LogP contribution in [0.4, 0.5) is 11.4 Å². The summed E-state index contributed by atoms with van der Waals surface area (Å²) in [6.45, 7) is 6.01. The average molecular weight is 282 g/mol. The third kappa shape index (κ3) is 4.35. The molecule has 110 valence electrons. The highest BCUT2D eigenvalue weighted by Crippen LogP contribution is 2.13. The average Bonchev–Trinajstić information content (AvgIpc) is 2.50. The molecule has 2 rings (SSSR count). The van der Waals surface area contributed by atoms with Crippen molar-refractivity contribution in [3.8, 4) is 0 Å². The van der Waals surface area contributed by atoms with Crippen LogP contribution in [-0.4, -0.2) is 11.9 Å². The number of anilines is 2. The van der Waals surface area contributed by atoms with Gasteiger partial charge in [0.2, 0.25) is 5.91 Å². The summed E-state index contributed by atoms with van der Waals surface area (Å²) in [4.78, 5) is 12.2. The summed E-state index contributed by atoms with van der Waals surface area (Å²) in [5.41, 5.74) is 4.24. The van der Waals surface area contributed by atoms with Crippen molar-refractivity contribution in [3.63, 3.8) is 0 Å². The van der Waals surface area contributed by atoms with E-state index < -0.39 is 0 Å². The Kier molecular flexibility index (Phi) is 4.99. The number of amides is 1. The summed E-state index contributed by atoms with van der Waals surface area (Å²) in [6.07, 6.45) is 1.000. The second kappa shape index (κ2) is 6.93. The lowest BCUT2D eigenvalue weighted by Gasteiger charge is -2.15. The lowest BCUT2D eigenvalue weighted by Crippen LogP contribution is -2.31. The third-order valence-electron chi connectivity index (χ3n) is 3.46. The largest absolute Gasteiger partial charge is 0.374 e. The summed E-state index contributed by atoms with van der Waals surface area (Å²) in [7, 11) is 0. The zero-order valence-corrected chi connectivity index (χ0v) is 12.8. The second-order valence-electron chi connectivity index (χ2n) is 5.27. The first-order chi connectivity index (χ1) is 10.1. The van der Waals surface area contributed by atoms with Gasteiger partial charge in [0.25, 0.3) is 0 Å². The van der Waals surface area contributed by atoms with Crippen LogP contribution in [0.15, 0.2) is 48.5 Å². The van der Waals surface area contributed by atoms with Gasteiger partial charge in [0.15, 0.2) is 0 Å². The zero-order valence-electron chi connectivity index (χ0n) is 12.8. The van der Waals surface area contributed by atoms with Gasteiger partial charge in [0, 0.05) is 11.4 Å². The minimum atomic E-state index is -0.293. The molecule has 2 N–H and O–H groups in total. The predicted octanol–water partition coefficient (Wildman–Crippen LogP) is 4.00. The molecule has 0 fully saturated rings. The maximum atomic E-state index is 12.2. The molecule has 0 aliphatic heterocycles. The van der Waals surface area contributed by atoms with Gasteiger partial charge in [-0.3, -0.25) is 4.79 Å². The molecule has 1 atom stereocenters. The number of hydrogen-bond acceptors (Lipinski definition) is 2. The van der Waals surface area contributed by atoms with Gasteiger partial charge in [0.05, 0.1) is 0 Å². The first kappa shape index (κ1) is 15.1. The fraction of sp³-hybridized carbons (Fsp3) is 0.278. The van der Waals surface area contributed by atoms with Crippen molar-refractivity contribution >= 4 is 17.3 Å². The highest BCUT2D eigenvalue weighted by Gasteiger charge is 2.12. The minimum Gasteiger partial charge on any atom is -0.374 e. The highest BCUT2D eigenvalue weighted by molar-refractivity contribution is 5.96. The standard InChI is InChI=1S/C18H22N2O/c1-4-15-7-11-17(12-8-15)20-18(21)14(3)19-16-9-5-13(2)6-10-16/h5-12,14,19H,4H2,1-3H3,(H,20,21). The van der Waals surface area contributed by atoms with Gasteiger partial charge in [-0.25, -0.2) is 0 Å². The van der Waals surface area contributed by atoms with Gasteiger partial charge in [-0.1, -0.05) is 36.8 Å². The van der Waals surface area contributed by atoms with E-state index >= 15 is 0 Å². The molecule has 0 radical (unpaired) electrons. The van der Waals surface area contributed by atoms with Crippen LogP contribution in [0.25, 0.3) is 0 Å². The van der Waals surface area contributed by atoms with Crippen LogP contribution in [-0.2, 0) is 11.2 Å². The number of carbonyl (C=O) groups is 1. The number of hydrogen-bond donors (Lipinski definition) is 2. The van der Waals surface area contributed by atoms with E-state index in [0.29, 0.717) is 0 Å². The minimum absolute atomic E-state index is 0.0418. The molecule has 3 nitrogen and oxygen atoms in total. The van der Waals surface area contributed by atoms with Gasteiger partial charge in [-0.2, -0.15) is 0 Å². The maximum absolute atomic E-state index is 12.2. The Labute approximate surface area is 126 Å². The molecule has 1 amide bonds. The Hall–Kier alpha value is -2.29. The van der Waals surface area contributed by atoms with Gasteiger partial charge >= 0.3 is 0 Å². The summed E-state index contributed by atoms with van der Waals surface area (Å²) in [5, 5.41) is 6.12. The first-order valence-corrected chi connectivity index (χ1v) is 7.31. The molecule has 2 aromatic carbocycles. The SMILES string of the molecule is CCc1ccc(NC(=O)C(C)Nc2ccc(C)cc2)cc1. The van der Waals surface area contributed by atoms with E-state index in [4.69, 9.17) is 0 Å². The number of aryl methyl sites for hydroxylation is 2. The van der Waals surface area contributed by atoms with Crippen LogP contribution in [0.3, 0.4) is 0 Å². The number of rotatable bonds is 5. The van der Waals surface area contributed by atoms with Crippen LogP contribution in [0, 0.1) is 6.92 Å². The van der Waals surface area contributed by atoms with E-state index in [1.54, 1.807) is 0 Å². The summed E-state index contributed by atoms with van der Waals surface area (Å²) in [6, 6.07) is 15.7. The fourth-order valence-electron chi connectivity index (χ4n) is 2.04. The number of benzene rings is 2. The molecule has 0 spiro atoms. The topological polar surface area (TPSA) is 41.1 Å². The first-order valence-electron chi connectivity index (χ1n) is 7.31. The second-order valence-corrected chi connectivity index (χ2v) is 5.27. The molecule has 1 unspecified atom stereocenters. The molecular weight excluding hydrogens is 260 g/mol. The summed E-state index contributed by atoms with van der Waals surface area (Å²) < 4.78 is 0. The van der Waals surface area contributed by atoms with E-state index in [9.17, 15) is 4.79 Å². The van der Waals surface area contributed by atoms with Gasteiger partial charge < -0.3 is 10.6 Å². The van der Waals surface area contributed by atoms with Crippen LogP contribution >= 0.6 is 0 Å². The van der Waals surface area contributed by atoms with Crippen LogP contribution in [0.5, 0.6) is 0 Å². The summed E-state index contributed by atoms with van der Waals surface area (Å²) >= 11 is 0. The van der Waals surface area contributed by atoms with Crippen LogP contribution in [0.1, 0.15) is 25.0 Å². The van der Waals surface area contributed by atoms with E-state index in [1.165, 1.54) is 11.1 Å². The molecule has 0 saturated carbocycles. The Morgan fingerprint density at radius 3 is 2.14 bits per heavy atom. The molecule has 3 heteroatoms. The smallest absolute Gasteiger partial charge is 0.246 e. The van der Waals surface area contributed by atoms with Crippen molar-refractivity contribution in [2.75, 3.05) is 10.6 Å². The van der Waals surface area contributed by atoms with Gasteiger partial charge in [-0.05, 0) is 50.1 Å². The Morgan fingerprint density at radius 2 is 1.57 bits per heavy atom. The Bertz CT molecular complexity index is 588. The molecule has 21 heavy (non-hydrogen) atoms. The lowest BCUT2D eigenvalue weighted by molar-refractivity contribution is -0.116. The molecule has 0 aliphatic carbocycles. The zero-order chi connectivity index (χ0) is 15.2. The summed E-state index contributed by atoms with van der Waals surface area (Å²) in [5.74, 6) is -0.0418. The monoisotopic (exact) mass is 282 g/mol. The molecule has 2 aromatic rings. The predicted molar refractivity (Wildman–Crippen MR) is 88.7 cm³/mol. The number of carbonyl (C=O) groups excluding carboxylic acids is 1. The van der Waals surface area contributed by atoms with Crippen molar-refractivity contribution < 1.29 is 4.79 Å². The Balaban J connectivity index is 1.93. The molecule has 0 heterocycles. The maximum Gasteiger partial charge on any atom is 0.246 e.